The van der Waals surface area contributed by atoms with Crippen LogP contribution < -0.4 is 5.32 Å². The Labute approximate surface area is 178 Å². The Morgan fingerprint density at radius 3 is 2.73 bits per heavy atom. The third-order valence-electron chi connectivity index (χ3n) is 5.91. The Balaban J connectivity index is 1.53. The van der Waals surface area contributed by atoms with Gasteiger partial charge in [0.25, 0.3) is 0 Å². The number of allylic oxidation sites excluding steroid dienone is 3. The minimum absolute atomic E-state index is 0.551. The minimum Gasteiger partial charge on any atom is -0.367 e. The highest BCUT2D eigenvalue weighted by molar-refractivity contribution is 5.69. The first-order chi connectivity index (χ1) is 14.7. The largest absolute Gasteiger partial charge is 0.367 e. The van der Waals surface area contributed by atoms with E-state index in [9.17, 15) is 4.79 Å². The maximum absolute atomic E-state index is 11.5. The molecular weight excluding hydrogens is 374 g/mol. The number of carbonyl (C=O) groups is 1. The zero-order valence-corrected chi connectivity index (χ0v) is 17.9. The van der Waals surface area contributed by atoms with Crippen LogP contribution in [0.2, 0.25) is 0 Å². The number of amides is 1. The number of pyridine rings is 1. The van der Waals surface area contributed by atoms with Crippen LogP contribution in [0.15, 0.2) is 43.0 Å². The molecule has 2 saturated carbocycles. The number of aromatic nitrogens is 3. The molecule has 0 unspecified atom stereocenters. The second kappa shape index (κ2) is 9.28. The molecule has 2 aliphatic carbocycles. The van der Waals surface area contributed by atoms with Gasteiger partial charge in [0, 0.05) is 42.3 Å². The second-order valence-corrected chi connectivity index (χ2v) is 8.48. The first kappa shape index (κ1) is 20.4. The fraction of sp³-hybridized carbons (Fsp3) is 0.458. The molecule has 6 nitrogen and oxygen atoms in total. The fourth-order valence-corrected chi connectivity index (χ4v) is 4.06. The summed E-state index contributed by atoms with van der Waals surface area (Å²) in [5.41, 5.74) is 4.12. The Morgan fingerprint density at radius 2 is 2.07 bits per heavy atom. The lowest BCUT2D eigenvalue weighted by molar-refractivity contribution is -0.116. The summed E-state index contributed by atoms with van der Waals surface area (Å²) in [4.78, 5) is 17.8. The molecule has 1 N–H and O–H groups in total. The molecule has 2 fully saturated rings. The number of carbonyl (C=O) groups excluding carboxylic acids is 1. The standard InChI is InChI=1S/C24H31N5O/c1-3-6-22(16-28(17-30)14-19-9-10-19)29-15-20(12-26-29)23-13-25-24(11-18(23)2)27-21-7-4-5-8-21/h3,6,11-13,15-17,19,21H,4-5,7-10,14H2,1-2H3,(H,25,27)/b6-3-,22-16+. The van der Waals surface area contributed by atoms with E-state index in [0.29, 0.717) is 12.0 Å². The molecule has 0 spiro atoms. The van der Waals surface area contributed by atoms with Crippen molar-refractivity contribution in [3.63, 3.8) is 0 Å². The van der Waals surface area contributed by atoms with Crippen molar-refractivity contribution in [2.75, 3.05) is 11.9 Å². The van der Waals surface area contributed by atoms with Crippen LogP contribution >= 0.6 is 0 Å². The van der Waals surface area contributed by atoms with E-state index in [0.717, 1.165) is 35.6 Å². The van der Waals surface area contributed by atoms with Crippen LogP contribution in [0, 0.1) is 12.8 Å². The molecule has 158 valence electrons. The van der Waals surface area contributed by atoms with E-state index in [-0.39, 0.29) is 0 Å². The van der Waals surface area contributed by atoms with Gasteiger partial charge in [-0.05, 0) is 63.2 Å². The van der Waals surface area contributed by atoms with Crippen molar-refractivity contribution in [1.82, 2.24) is 19.7 Å². The Morgan fingerprint density at radius 1 is 1.27 bits per heavy atom. The zero-order chi connectivity index (χ0) is 20.9. The van der Waals surface area contributed by atoms with Gasteiger partial charge in [-0.1, -0.05) is 18.9 Å². The van der Waals surface area contributed by atoms with Gasteiger partial charge in [-0.2, -0.15) is 5.10 Å². The second-order valence-electron chi connectivity index (χ2n) is 8.48. The number of anilines is 1. The van der Waals surface area contributed by atoms with Gasteiger partial charge in [-0.15, -0.1) is 0 Å². The van der Waals surface area contributed by atoms with Gasteiger partial charge in [0.1, 0.15) is 5.82 Å². The summed E-state index contributed by atoms with van der Waals surface area (Å²) in [7, 11) is 0. The number of nitrogens with zero attached hydrogens (tertiary/aromatic N) is 4. The van der Waals surface area contributed by atoms with E-state index >= 15 is 0 Å². The van der Waals surface area contributed by atoms with Gasteiger partial charge in [0.2, 0.25) is 6.41 Å². The highest BCUT2D eigenvalue weighted by Crippen LogP contribution is 2.30. The summed E-state index contributed by atoms with van der Waals surface area (Å²) < 4.78 is 1.82. The van der Waals surface area contributed by atoms with Crippen molar-refractivity contribution < 1.29 is 4.79 Å². The van der Waals surface area contributed by atoms with Crippen LogP contribution in [0.1, 0.15) is 51.0 Å². The molecule has 30 heavy (non-hydrogen) atoms. The molecule has 4 rings (SSSR count). The minimum atomic E-state index is 0.551. The molecule has 0 aromatic carbocycles. The van der Waals surface area contributed by atoms with Crippen LogP contribution in [0.5, 0.6) is 0 Å². The molecular formula is C24H31N5O. The molecule has 0 saturated heterocycles. The fourth-order valence-electron chi connectivity index (χ4n) is 4.06. The van der Waals surface area contributed by atoms with Gasteiger partial charge in [-0.3, -0.25) is 4.79 Å². The van der Waals surface area contributed by atoms with E-state index < -0.39 is 0 Å². The highest BCUT2D eigenvalue weighted by Gasteiger charge is 2.23. The Bertz CT molecular complexity index is 935. The van der Waals surface area contributed by atoms with Crippen molar-refractivity contribution in [3.8, 4) is 11.1 Å². The summed E-state index contributed by atoms with van der Waals surface area (Å²) in [6.07, 6.45) is 20.0. The lowest BCUT2D eigenvalue weighted by atomic mass is 10.1. The molecule has 6 heteroatoms. The van der Waals surface area contributed by atoms with Gasteiger partial charge in [0.15, 0.2) is 0 Å². The Hall–Kier alpha value is -2.89. The first-order valence-electron chi connectivity index (χ1n) is 11.0. The molecule has 2 heterocycles. The summed E-state index contributed by atoms with van der Waals surface area (Å²) in [6.45, 7) is 4.85. The molecule has 0 atom stereocenters. The molecule has 1 amide bonds. The quantitative estimate of drug-likeness (QED) is 0.478. The lowest BCUT2D eigenvalue weighted by Gasteiger charge is -2.14. The number of nitrogens with one attached hydrogen (secondary N) is 1. The first-order valence-corrected chi connectivity index (χ1v) is 11.0. The summed E-state index contributed by atoms with van der Waals surface area (Å²) >= 11 is 0. The van der Waals surface area contributed by atoms with Crippen molar-refractivity contribution in [1.29, 1.82) is 0 Å². The number of aryl methyl sites for hydroxylation is 1. The molecule has 0 aliphatic heterocycles. The van der Waals surface area contributed by atoms with Crippen LogP contribution in [-0.2, 0) is 4.79 Å². The van der Waals surface area contributed by atoms with Gasteiger partial charge in [0.05, 0.1) is 11.9 Å². The molecule has 2 aliphatic rings. The number of hydrogen-bond acceptors (Lipinski definition) is 4. The maximum Gasteiger partial charge on any atom is 0.213 e. The highest BCUT2D eigenvalue weighted by atomic mass is 16.1. The van der Waals surface area contributed by atoms with Crippen molar-refractivity contribution >= 4 is 17.9 Å². The summed E-state index contributed by atoms with van der Waals surface area (Å²) in [5.74, 6) is 1.59. The zero-order valence-electron chi connectivity index (χ0n) is 17.9. The predicted molar refractivity (Wildman–Crippen MR) is 121 cm³/mol. The van der Waals surface area contributed by atoms with E-state index in [4.69, 9.17) is 0 Å². The van der Waals surface area contributed by atoms with Crippen molar-refractivity contribution in [2.24, 2.45) is 5.92 Å². The monoisotopic (exact) mass is 405 g/mol. The SMILES string of the molecule is C/C=C\C(=C/N(C=O)CC1CC1)n1cc(-c2cnc(NC3CCCC3)cc2C)cn1. The third-order valence-corrected chi connectivity index (χ3v) is 5.91. The third kappa shape index (κ3) is 4.99. The normalized spacial score (nSPS) is 17.6. The van der Waals surface area contributed by atoms with Crippen LogP contribution in [0.3, 0.4) is 0 Å². The van der Waals surface area contributed by atoms with Crippen molar-refractivity contribution in [2.45, 2.75) is 58.4 Å². The lowest BCUT2D eigenvalue weighted by Crippen LogP contribution is -2.19. The molecule has 0 bridgehead atoms. The topological polar surface area (TPSA) is 63.1 Å². The van der Waals surface area contributed by atoms with Crippen molar-refractivity contribution in [3.05, 3.63) is 48.6 Å². The van der Waals surface area contributed by atoms with Crippen LogP contribution in [-0.4, -0.2) is 38.7 Å². The Kier molecular flexibility index (Phi) is 6.31. The van der Waals surface area contributed by atoms with Gasteiger partial charge in [-0.25, -0.2) is 9.67 Å². The molecule has 2 aromatic rings. The average molecular weight is 406 g/mol. The van der Waals surface area contributed by atoms with E-state index in [2.05, 4.69) is 28.4 Å². The summed E-state index contributed by atoms with van der Waals surface area (Å²) in [6, 6.07) is 2.67. The number of rotatable bonds is 9. The maximum atomic E-state index is 11.5. The molecule has 0 radical (unpaired) electrons. The smallest absolute Gasteiger partial charge is 0.213 e. The van der Waals surface area contributed by atoms with Crippen LogP contribution in [0.4, 0.5) is 5.82 Å². The van der Waals surface area contributed by atoms with Crippen LogP contribution in [0.25, 0.3) is 16.8 Å². The summed E-state index contributed by atoms with van der Waals surface area (Å²) in [5, 5.41) is 8.11. The molecule has 2 aromatic heterocycles. The van der Waals surface area contributed by atoms with Gasteiger partial charge >= 0.3 is 0 Å². The van der Waals surface area contributed by atoms with Gasteiger partial charge < -0.3 is 10.2 Å². The number of hydrogen-bond donors (Lipinski definition) is 1. The van der Waals surface area contributed by atoms with E-state index in [1.165, 1.54) is 44.1 Å². The average Bonchev–Trinajstić information content (AvgIpc) is 3.18. The predicted octanol–water partition coefficient (Wildman–Crippen LogP) is 4.85. The van der Waals surface area contributed by atoms with E-state index in [1.807, 2.05) is 48.5 Å². The van der Waals surface area contributed by atoms with E-state index in [1.54, 1.807) is 4.90 Å².